The molecule has 0 saturated heterocycles. The molecule has 8 nitrogen and oxygen atoms in total. The molecule has 34 heavy (non-hydrogen) atoms. The highest BCUT2D eigenvalue weighted by Crippen LogP contribution is 2.24. The summed E-state index contributed by atoms with van der Waals surface area (Å²) in [6.07, 6.45) is 1.66. The van der Waals surface area contributed by atoms with E-state index in [9.17, 15) is 10.0 Å². The Bertz CT molecular complexity index is 1230. The third-order valence-corrected chi connectivity index (χ3v) is 5.72. The molecule has 1 heterocycles. The van der Waals surface area contributed by atoms with Gasteiger partial charge >= 0.3 is 0 Å². The summed E-state index contributed by atoms with van der Waals surface area (Å²) >= 11 is 0. The first-order valence-corrected chi connectivity index (χ1v) is 11.4. The average molecular weight is 461 g/mol. The van der Waals surface area contributed by atoms with Crippen LogP contribution in [-0.2, 0) is 17.8 Å². The van der Waals surface area contributed by atoms with Crippen LogP contribution < -0.4 is 22.3 Å². The molecule has 8 heteroatoms. The summed E-state index contributed by atoms with van der Waals surface area (Å²) in [7, 11) is 0. The number of carbonyl (C=O) groups is 1. The van der Waals surface area contributed by atoms with E-state index in [1.807, 2.05) is 36.4 Å². The van der Waals surface area contributed by atoms with Crippen molar-refractivity contribution in [2.45, 2.75) is 45.7 Å². The van der Waals surface area contributed by atoms with E-state index < -0.39 is 0 Å². The Balaban J connectivity index is 1.90. The summed E-state index contributed by atoms with van der Waals surface area (Å²) < 4.78 is 1.01. The Morgan fingerprint density at radius 3 is 2.44 bits per heavy atom. The first kappa shape index (κ1) is 24.6. The number of benzene rings is 2. The lowest BCUT2D eigenvalue weighted by Crippen LogP contribution is -2.30. The van der Waals surface area contributed by atoms with E-state index in [0.717, 1.165) is 28.7 Å². The SMILES string of the molecule is CCC(CC)N=c1ccc(-c2cccc(N)c2)c(CC(=O)NCc2ccc(C(=N)N)cc2)n1O. The number of carbonyl (C=O) groups excluding carboxylic acids is 1. The second kappa shape index (κ2) is 11.2. The predicted octanol–water partition coefficient (Wildman–Crippen LogP) is 3.21. The lowest BCUT2D eigenvalue weighted by atomic mass is 10.0. The van der Waals surface area contributed by atoms with Gasteiger partial charge in [0.15, 0.2) is 5.49 Å². The Morgan fingerprint density at radius 1 is 1.12 bits per heavy atom. The van der Waals surface area contributed by atoms with Crippen molar-refractivity contribution >= 4 is 17.4 Å². The topological polar surface area (TPSA) is 143 Å². The van der Waals surface area contributed by atoms with Crippen molar-refractivity contribution in [2.24, 2.45) is 10.7 Å². The molecule has 178 valence electrons. The molecule has 0 unspecified atom stereocenters. The van der Waals surface area contributed by atoms with Gasteiger partial charge in [0.25, 0.3) is 0 Å². The van der Waals surface area contributed by atoms with Crippen LogP contribution in [0.2, 0.25) is 0 Å². The Labute approximate surface area is 199 Å². The molecule has 0 atom stereocenters. The van der Waals surface area contributed by atoms with Crippen LogP contribution in [0.5, 0.6) is 0 Å². The summed E-state index contributed by atoms with van der Waals surface area (Å²) in [6.45, 7) is 4.42. The number of aromatic nitrogens is 1. The zero-order chi connectivity index (χ0) is 24.7. The van der Waals surface area contributed by atoms with E-state index in [4.69, 9.17) is 16.9 Å². The molecule has 0 saturated carbocycles. The highest BCUT2D eigenvalue weighted by atomic mass is 16.5. The summed E-state index contributed by atoms with van der Waals surface area (Å²) in [5.41, 5.74) is 15.9. The molecule has 3 aromatic rings. The lowest BCUT2D eigenvalue weighted by molar-refractivity contribution is -0.120. The van der Waals surface area contributed by atoms with Gasteiger partial charge in [-0.15, -0.1) is 0 Å². The smallest absolute Gasteiger partial charge is 0.226 e. The van der Waals surface area contributed by atoms with Gasteiger partial charge < -0.3 is 22.0 Å². The van der Waals surface area contributed by atoms with Gasteiger partial charge in [-0.05, 0) is 48.2 Å². The molecule has 0 aliphatic carbocycles. The van der Waals surface area contributed by atoms with Gasteiger partial charge in [-0.25, -0.2) is 0 Å². The number of amidine groups is 1. The monoisotopic (exact) mass is 460 g/mol. The zero-order valence-electron chi connectivity index (χ0n) is 19.6. The lowest BCUT2D eigenvalue weighted by Gasteiger charge is -2.16. The maximum atomic E-state index is 12.9. The number of anilines is 1. The molecule has 1 aromatic heterocycles. The second-order valence-electron chi connectivity index (χ2n) is 8.15. The van der Waals surface area contributed by atoms with Crippen molar-refractivity contribution < 1.29 is 10.0 Å². The average Bonchev–Trinajstić information content (AvgIpc) is 2.83. The molecule has 0 radical (unpaired) electrons. The van der Waals surface area contributed by atoms with Crippen molar-refractivity contribution in [3.63, 3.8) is 0 Å². The van der Waals surface area contributed by atoms with Crippen LogP contribution in [0.3, 0.4) is 0 Å². The Morgan fingerprint density at radius 2 is 1.82 bits per heavy atom. The molecule has 0 aliphatic rings. The molecule has 0 aliphatic heterocycles. The van der Waals surface area contributed by atoms with Crippen molar-refractivity contribution in [1.82, 2.24) is 10.0 Å². The first-order chi connectivity index (χ1) is 16.3. The van der Waals surface area contributed by atoms with Gasteiger partial charge in [-0.1, -0.05) is 50.2 Å². The molecule has 3 rings (SSSR count). The number of nitrogens with two attached hydrogens (primary N) is 2. The Hall–Kier alpha value is -4.07. The molecule has 7 N–H and O–H groups in total. The molecule has 0 fully saturated rings. The number of hydrogen-bond acceptors (Lipinski definition) is 5. The molecule has 0 spiro atoms. The van der Waals surface area contributed by atoms with Crippen LogP contribution in [0.25, 0.3) is 11.1 Å². The molecule has 1 amide bonds. The van der Waals surface area contributed by atoms with E-state index in [1.165, 1.54) is 0 Å². The van der Waals surface area contributed by atoms with E-state index >= 15 is 0 Å². The van der Waals surface area contributed by atoms with Crippen molar-refractivity contribution in [1.29, 1.82) is 5.41 Å². The van der Waals surface area contributed by atoms with Crippen LogP contribution in [-0.4, -0.2) is 27.7 Å². The van der Waals surface area contributed by atoms with Gasteiger partial charge in [0, 0.05) is 23.4 Å². The van der Waals surface area contributed by atoms with Crippen molar-refractivity contribution in [3.8, 4) is 11.1 Å². The molecular formula is C26H32N6O2. The Kier molecular flexibility index (Phi) is 8.08. The van der Waals surface area contributed by atoms with Crippen LogP contribution in [0.1, 0.15) is 43.5 Å². The highest BCUT2D eigenvalue weighted by Gasteiger charge is 2.16. The van der Waals surface area contributed by atoms with Crippen LogP contribution in [0.4, 0.5) is 5.69 Å². The summed E-state index contributed by atoms with van der Waals surface area (Å²) in [5.74, 6) is -0.251. The number of nitrogens with one attached hydrogen (secondary N) is 2. The maximum absolute atomic E-state index is 12.9. The van der Waals surface area contributed by atoms with Crippen LogP contribution >= 0.6 is 0 Å². The summed E-state index contributed by atoms with van der Waals surface area (Å²) in [4.78, 5) is 17.5. The number of pyridine rings is 1. The minimum Gasteiger partial charge on any atom is -0.427 e. The van der Waals surface area contributed by atoms with Crippen molar-refractivity contribution in [2.75, 3.05) is 5.73 Å². The number of amides is 1. The number of hydrogen-bond donors (Lipinski definition) is 5. The van der Waals surface area contributed by atoms with Crippen molar-refractivity contribution in [3.05, 3.63) is 83.0 Å². The van der Waals surface area contributed by atoms with E-state index in [2.05, 4.69) is 24.2 Å². The van der Waals surface area contributed by atoms with E-state index in [0.29, 0.717) is 34.5 Å². The first-order valence-electron chi connectivity index (χ1n) is 11.4. The fraction of sp³-hybridized carbons (Fsp3) is 0.269. The summed E-state index contributed by atoms with van der Waals surface area (Å²) in [5, 5.41) is 21.4. The van der Waals surface area contributed by atoms with E-state index in [-0.39, 0.29) is 24.2 Å². The minimum atomic E-state index is -0.247. The largest absolute Gasteiger partial charge is 0.427 e. The quantitative estimate of drug-likeness (QED) is 0.145. The standard InChI is InChI=1S/C26H32N6O2/c1-3-21(4-2)31-24-13-12-22(19-6-5-7-20(27)14-19)23(32(24)34)15-25(33)30-16-17-8-10-18(11-9-17)26(28)29/h5-14,21,34H,3-4,15-16,27H2,1-2H3,(H3,28,29)(H,30,33). The van der Waals surface area contributed by atoms with Crippen LogP contribution in [0, 0.1) is 5.41 Å². The fourth-order valence-corrected chi connectivity index (χ4v) is 3.69. The molecular weight excluding hydrogens is 428 g/mol. The molecule has 0 bridgehead atoms. The van der Waals surface area contributed by atoms with Gasteiger partial charge in [0.05, 0.1) is 18.2 Å². The maximum Gasteiger partial charge on any atom is 0.226 e. The second-order valence-corrected chi connectivity index (χ2v) is 8.15. The number of nitrogens with zero attached hydrogens (tertiary/aromatic N) is 2. The van der Waals surface area contributed by atoms with Gasteiger partial charge in [0.1, 0.15) is 5.84 Å². The number of nitrogen functional groups attached to an aromatic ring is 2. The van der Waals surface area contributed by atoms with Crippen LogP contribution in [0.15, 0.2) is 65.7 Å². The molecule has 2 aromatic carbocycles. The minimum absolute atomic E-state index is 0.00385. The third kappa shape index (κ3) is 6.04. The van der Waals surface area contributed by atoms with Gasteiger partial charge in [-0.3, -0.25) is 15.2 Å². The number of rotatable bonds is 9. The zero-order valence-corrected chi connectivity index (χ0v) is 19.6. The highest BCUT2D eigenvalue weighted by molar-refractivity contribution is 5.94. The van der Waals surface area contributed by atoms with Gasteiger partial charge in [-0.2, -0.15) is 4.73 Å². The normalized spacial score (nSPS) is 11.6. The third-order valence-electron chi connectivity index (χ3n) is 5.72. The predicted molar refractivity (Wildman–Crippen MR) is 134 cm³/mol. The van der Waals surface area contributed by atoms with Gasteiger partial charge in [0.2, 0.25) is 5.91 Å². The van der Waals surface area contributed by atoms with E-state index in [1.54, 1.807) is 24.3 Å². The fourth-order valence-electron chi connectivity index (χ4n) is 3.69. The summed E-state index contributed by atoms with van der Waals surface area (Å²) in [6, 6.07) is 18.1.